The van der Waals surface area contributed by atoms with Crippen LogP contribution in [0.1, 0.15) is 25.7 Å². The maximum atomic E-state index is 9.34. The maximum absolute atomic E-state index is 9.34. The minimum atomic E-state index is 0.115. The van der Waals surface area contributed by atoms with E-state index in [9.17, 15) is 5.11 Å². The molecule has 0 atom stereocenters. The lowest BCUT2D eigenvalue weighted by Gasteiger charge is -2.32. The molecule has 1 aromatic carbocycles. The fourth-order valence-electron chi connectivity index (χ4n) is 2.96. The summed E-state index contributed by atoms with van der Waals surface area (Å²) in [5.74, 6) is 1.29. The summed E-state index contributed by atoms with van der Waals surface area (Å²) in [6.07, 6.45) is 4.77. The summed E-state index contributed by atoms with van der Waals surface area (Å²) < 4.78 is 10.6. The van der Waals surface area contributed by atoms with Gasteiger partial charge in [-0.15, -0.1) is 0 Å². The third-order valence-electron chi connectivity index (χ3n) is 3.95. The number of anilines is 2. The number of aliphatic hydroxyl groups is 1. The summed E-state index contributed by atoms with van der Waals surface area (Å²) in [5, 5.41) is 9.34. The molecule has 1 aliphatic rings. The second kappa shape index (κ2) is 6.70. The molecule has 20 heavy (non-hydrogen) atoms. The number of nitrogen functional groups attached to an aromatic ring is 1. The number of ether oxygens (including phenoxy) is 2. The molecule has 0 radical (unpaired) electrons. The van der Waals surface area contributed by atoms with Crippen LogP contribution in [0.15, 0.2) is 12.1 Å². The summed E-state index contributed by atoms with van der Waals surface area (Å²) in [4.78, 5) is 2.20. The summed E-state index contributed by atoms with van der Waals surface area (Å²) in [6, 6.07) is 4.14. The Morgan fingerprint density at radius 1 is 1.20 bits per heavy atom. The second-order valence-electron chi connectivity index (χ2n) is 5.12. The van der Waals surface area contributed by atoms with Crippen molar-refractivity contribution >= 4 is 11.4 Å². The van der Waals surface area contributed by atoms with Crippen molar-refractivity contribution in [3.63, 3.8) is 0 Å². The topological polar surface area (TPSA) is 68.0 Å². The molecule has 2 rings (SSSR count). The Balaban J connectivity index is 2.36. The molecule has 1 aromatic rings. The number of rotatable bonds is 6. The van der Waals surface area contributed by atoms with Crippen molar-refractivity contribution < 1.29 is 14.6 Å². The largest absolute Gasteiger partial charge is 0.493 e. The molecule has 0 aromatic heterocycles. The Bertz CT molecular complexity index is 445. The first-order valence-corrected chi connectivity index (χ1v) is 7.10. The van der Waals surface area contributed by atoms with Crippen molar-refractivity contribution in [1.29, 1.82) is 0 Å². The van der Waals surface area contributed by atoms with Gasteiger partial charge in [0.15, 0.2) is 11.5 Å². The molecule has 5 heteroatoms. The minimum Gasteiger partial charge on any atom is -0.493 e. The van der Waals surface area contributed by atoms with Crippen LogP contribution in [0, 0.1) is 0 Å². The average Bonchev–Trinajstić information content (AvgIpc) is 2.98. The molecule has 0 amide bonds. The van der Waals surface area contributed by atoms with E-state index in [1.807, 2.05) is 6.07 Å². The van der Waals surface area contributed by atoms with Crippen LogP contribution in [0.5, 0.6) is 11.5 Å². The molecule has 0 bridgehead atoms. The van der Waals surface area contributed by atoms with E-state index in [2.05, 4.69) is 4.90 Å². The van der Waals surface area contributed by atoms with Gasteiger partial charge in [0.05, 0.1) is 32.2 Å². The van der Waals surface area contributed by atoms with Gasteiger partial charge >= 0.3 is 0 Å². The molecule has 5 nitrogen and oxygen atoms in total. The summed E-state index contributed by atoms with van der Waals surface area (Å²) in [5.41, 5.74) is 7.74. The van der Waals surface area contributed by atoms with Crippen LogP contribution in [0.25, 0.3) is 0 Å². The second-order valence-corrected chi connectivity index (χ2v) is 5.12. The smallest absolute Gasteiger partial charge is 0.162 e. The third kappa shape index (κ3) is 2.93. The van der Waals surface area contributed by atoms with Crippen LogP contribution >= 0.6 is 0 Å². The number of nitrogens with zero attached hydrogens (tertiary/aromatic N) is 1. The number of hydrogen-bond donors (Lipinski definition) is 2. The average molecular weight is 280 g/mol. The Morgan fingerprint density at radius 3 is 2.35 bits per heavy atom. The van der Waals surface area contributed by atoms with Crippen LogP contribution in [0.4, 0.5) is 11.4 Å². The lowest BCUT2D eigenvalue weighted by atomic mass is 10.1. The molecule has 0 spiro atoms. The van der Waals surface area contributed by atoms with Crippen molar-refractivity contribution in [2.24, 2.45) is 0 Å². The first kappa shape index (κ1) is 14.8. The van der Waals surface area contributed by atoms with E-state index in [0.717, 1.165) is 18.5 Å². The number of benzene rings is 1. The van der Waals surface area contributed by atoms with Crippen molar-refractivity contribution in [3.05, 3.63) is 12.1 Å². The standard InChI is InChI=1S/C15H24N2O3/c1-19-14-9-12(16)13(10-15(14)20-2)17(7-8-18)11-5-3-4-6-11/h9-11,18H,3-8,16H2,1-2H3. The number of methoxy groups -OCH3 is 2. The van der Waals surface area contributed by atoms with E-state index >= 15 is 0 Å². The summed E-state index contributed by atoms with van der Waals surface area (Å²) >= 11 is 0. The zero-order chi connectivity index (χ0) is 14.5. The van der Waals surface area contributed by atoms with Crippen LogP contribution in [-0.4, -0.2) is 38.5 Å². The van der Waals surface area contributed by atoms with E-state index in [4.69, 9.17) is 15.2 Å². The van der Waals surface area contributed by atoms with Gasteiger partial charge in [-0.25, -0.2) is 0 Å². The fraction of sp³-hybridized carbons (Fsp3) is 0.600. The van der Waals surface area contributed by atoms with Gasteiger partial charge in [-0.1, -0.05) is 12.8 Å². The van der Waals surface area contributed by atoms with Crippen LogP contribution in [0.2, 0.25) is 0 Å². The highest BCUT2D eigenvalue weighted by molar-refractivity contribution is 5.73. The number of aliphatic hydroxyl groups excluding tert-OH is 1. The van der Waals surface area contributed by atoms with Gasteiger partial charge in [-0.2, -0.15) is 0 Å². The monoisotopic (exact) mass is 280 g/mol. The Hall–Kier alpha value is -1.62. The van der Waals surface area contributed by atoms with E-state index < -0.39 is 0 Å². The zero-order valence-electron chi connectivity index (χ0n) is 12.3. The molecule has 3 N–H and O–H groups in total. The molecule has 0 heterocycles. The highest BCUT2D eigenvalue weighted by Gasteiger charge is 2.25. The SMILES string of the molecule is COc1cc(N)c(N(CCO)C2CCCC2)cc1OC. The Labute approximate surface area is 120 Å². The molecular weight excluding hydrogens is 256 g/mol. The highest BCUT2D eigenvalue weighted by Crippen LogP contribution is 2.39. The minimum absolute atomic E-state index is 0.115. The normalized spacial score (nSPS) is 15.3. The van der Waals surface area contributed by atoms with E-state index in [0.29, 0.717) is 29.8 Å². The van der Waals surface area contributed by atoms with Crippen molar-refractivity contribution in [1.82, 2.24) is 0 Å². The van der Waals surface area contributed by atoms with Gasteiger partial charge < -0.3 is 25.2 Å². The first-order valence-electron chi connectivity index (χ1n) is 7.10. The number of nitrogens with two attached hydrogens (primary N) is 1. The maximum Gasteiger partial charge on any atom is 0.162 e. The van der Waals surface area contributed by atoms with E-state index in [1.165, 1.54) is 12.8 Å². The van der Waals surface area contributed by atoms with Crippen LogP contribution < -0.4 is 20.1 Å². The molecule has 0 aliphatic heterocycles. The third-order valence-corrected chi connectivity index (χ3v) is 3.95. The number of hydrogen-bond acceptors (Lipinski definition) is 5. The van der Waals surface area contributed by atoms with Crippen LogP contribution in [-0.2, 0) is 0 Å². The van der Waals surface area contributed by atoms with Gasteiger partial charge in [0.1, 0.15) is 0 Å². The lowest BCUT2D eigenvalue weighted by Crippen LogP contribution is -2.36. The zero-order valence-corrected chi connectivity index (χ0v) is 12.3. The molecule has 1 fully saturated rings. The predicted molar refractivity (Wildman–Crippen MR) is 80.6 cm³/mol. The molecular formula is C15H24N2O3. The molecule has 0 unspecified atom stereocenters. The van der Waals surface area contributed by atoms with Crippen molar-refractivity contribution in [2.75, 3.05) is 38.0 Å². The Morgan fingerprint density at radius 2 is 1.80 bits per heavy atom. The van der Waals surface area contributed by atoms with Gasteiger partial charge in [0, 0.05) is 24.7 Å². The fourth-order valence-corrected chi connectivity index (χ4v) is 2.96. The van der Waals surface area contributed by atoms with Gasteiger partial charge in [-0.05, 0) is 12.8 Å². The molecule has 1 aliphatic carbocycles. The highest BCUT2D eigenvalue weighted by atomic mass is 16.5. The predicted octanol–water partition coefficient (Wildman–Crippen LogP) is 2.03. The van der Waals surface area contributed by atoms with Gasteiger partial charge in [0.2, 0.25) is 0 Å². The van der Waals surface area contributed by atoms with Gasteiger partial charge in [0.25, 0.3) is 0 Å². The van der Waals surface area contributed by atoms with Gasteiger partial charge in [-0.3, -0.25) is 0 Å². The summed E-state index contributed by atoms with van der Waals surface area (Å²) in [6.45, 7) is 0.703. The first-order chi connectivity index (χ1) is 9.71. The van der Waals surface area contributed by atoms with Crippen molar-refractivity contribution in [3.8, 4) is 11.5 Å². The van der Waals surface area contributed by atoms with Crippen molar-refractivity contribution in [2.45, 2.75) is 31.7 Å². The molecule has 0 saturated heterocycles. The van der Waals surface area contributed by atoms with E-state index in [1.54, 1.807) is 20.3 Å². The van der Waals surface area contributed by atoms with E-state index in [-0.39, 0.29) is 6.61 Å². The quantitative estimate of drug-likeness (QED) is 0.780. The lowest BCUT2D eigenvalue weighted by molar-refractivity contribution is 0.297. The molecule has 112 valence electrons. The summed E-state index contributed by atoms with van der Waals surface area (Å²) in [7, 11) is 3.21. The molecule has 1 saturated carbocycles. The van der Waals surface area contributed by atoms with Crippen LogP contribution in [0.3, 0.4) is 0 Å². The Kier molecular flexibility index (Phi) is 4.95.